The van der Waals surface area contributed by atoms with Gasteiger partial charge in [0.1, 0.15) is 0 Å². The van der Waals surface area contributed by atoms with E-state index in [1.165, 1.54) is 4.57 Å². The lowest BCUT2D eigenvalue weighted by Gasteiger charge is -2.15. The van der Waals surface area contributed by atoms with Crippen LogP contribution in [0.3, 0.4) is 0 Å². The van der Waals surface area contributed by atoms with Gasteiger partial charge in [-0.1, -0.05) is 6.92 Å². The van der Waals surface area contributed by atoms with Gasteiger partial charge in [-0.3, -0.25) is 9.48 Å². The van der Waals surface area contributed by atoms with Crippen molar-refractivity contribution in [2.24, 2.45) is 13.0 Å². The molecule has 0 aromatic carbocycles. The fourth-order valence-corrected chi connectivity index (χ4v) is 2.28. The van der Waals surface area contributed by atoms with Crippen molar-refractivity contribution >= 4 is 5.97 Å². The number of aryl methyl sites for hydroxylation is 2. The van der Waals surface area contributed by atoms with Crippen LogP contribution in [0.25, 0.3) is 5.82 Å². The molecule has 7 nitrogen and oxygen atoms in total. The van der Waals surface area contributed by atoms with Crippen LogP contribution in [-0.4, -0.2) is 30.4 Å². The topological polar surface area (TPSA) is 90.0 Å². The van der Waals surface area contributed by atoms with E-state index in [1.807, 2.05) is 0 Å². The number of rotatable bonds is 4. The third-order valence-electron chi connectivity index (χ3n) is 3.52. The Labute approximate surface area is 121 Å². The summed E-state index contributed by atoms with van der Waals surface area (Å²) in [7, 11) is 1.76. The summed E-state index contributed by atoms with van der Waals surface area (Å²) in [6, 6.07) is 1.72. The number of carboxylic acid groups (broad SMARTS) is 1. The zero-order valence-electron chi connectivity index (χ0n) is 12.5. The lowest BCUT2D eigenvalue weighted by atomic mass is 9.99. The van der Waals surface area contributed by atoms with E-state index in [-0.39, 0.29) is 0 Å². The fourth-order valence-electron chi connectivity index (χ4n) is 2.28. The van der Waals surface area contributed by atoms with E-state index in [0.717, 1.165) is 5.56 Å². The summed E-state index contributed by atoms with van der Waals surface area (Å²) in [4.78, 5) is 27.2. The minimum atomic E-state index is -0.871. The Kier molecular flexibility index (Phi) is 3.93. The molecule has 1 N–H and O–H groups in total. The molecule has 0 radical (unpaired) electrons. The largest absolute Gasteiger partial charge is 0.481 e. The zero-order valence-corrected chi connectivity index (χ0v) is 12.5. The standard InChI is InChI=1S/C14H18N4O3/c1-8(13(19)20)7-11-9(2)15-14(21)18(10(11)3)12-5-6-17(4)16-12/h5-6,8H,7H2,1-4H3,(H,19,20). The number of aromatic nitrogens is 4. The first kappa shape index (κ1) is 15.0. The maximum Gasteiger partial charge on any atom is 0.353 e. The fraction of sp³-hybridized carbons (Fsp3) is 0.429. The molecule has 0 spiro atoms. The normalized spacial score (nSPS) is 12.4. The third kappa shape index (κ3) is 2.86. The van der Waals surface area contributed by atoms with Crippen molar-refractivity contribution in [2.75, 3.05) is 0 Å². The smallest absolute Gasteiger partial charge is 0.353 e. The number of hydrogen-bond donors (Lipinski definition) is 1. The number of aliphatic carboxylic acids is 1. The molecule has 7 heteroatoms. The molecule has 112 valence electrons. The molecule has 2 aromatic heterocycles. The Hall–Kier alpha value is -2.44. The molecule has 2 aromatic rings. The second-order valence-electron chi connectivity index (χ2n) is 5.17. The predicted molar refractivity (Wildman–Crippen MR) is 76.6 cm³/mol. The Balaban J connectivity index is 2.58. The number of nitrogens with zero attached hydrogens (tertiary/aromatic N) is 4. The molecule has 0 aliphatic heterocycles. The van der Waals surface area contributed by atoms with Crippen LogP contribution in [0.2, 0.25) is 0 Å². The van der Waals surface area contributed by atoms with E-state index in [0.29, 0.717) is 23.6 Å². The minimum absolute atomic E-state index is 0.327. The number of hydrogen-bond acceptors (Lipinski definition) is 4. The highest BCUT2D eigenvalue weighted by Gasteiger charge is 2.19. The maximum absolute atomic E-state index is 12.1. The molecule has 0 saturated heterocycles. The van der Waals surface area contributed by atoms with Gasteiger partial charge >= 0.3 is 11.7 Å². The van der Waals surface area contributed by atoms with E-state index in [1.54, 1.807) is 44.8 Å². The lowest BCUT2D eigenvalue weighted by molar-refractivity contribution is -0.141. The number of carbonyl (C=O) groups is 1. The van der Waals surface area contributed by atoms with Gasteiger partial charge in [-0.15, -0.1) is 0 Å². The lowest BCUT2D eigenvalue weighted by Crippen LogP contribution is -2.28. The highest BCUT2D eigenvalue weighted by molar-refractivity contribution is 5.70. The first-order chi connectivity index (χ1) is 9.81. The Bertz CT molecular complexity index is 745. The Morgan fingerprint density at radius 3 is 2.62 bits per heavy atom. The summed E-state index contributed by atoms with van der Waals surface area (Å²) in [5, 5.41) is 13.3. The van der Waals surface area contributed by atoms with Gasteiger partial charge in [-0.05, 0) is 25.8 Å². The summed E-state index contributed by atoms with van der Waals surface area (Å²) < 4.78 is 3.01. The van der Waals surface area contributed by atoms with Crippen molar-refractivity contribution in [3.05, 3.63) is 39.7 Å². The monoisotopic (exact) mass is 290 g/mol. The van der Waals surface area contributed by atoms with Crippen LogP contribution in [0, 0.1) is 19.8 Å². The van der Waals surface area contributed by atoms with E-state index >= 15 is 0 Å². The molecule has 0 aliphatic carbocycles. The maximum atomic E-state index is 12.1. The van der Waals surface area contributed by atoms with Gasteiger partial charge in [0.25, 0.3) is 0 Å². The molecule has 0 bridgehead atoms. The van der Waals surface area contributed by atoms with Gasteiger partial charge < -0.3 is 5.11 Å². The van der Waals surface area contributed by atoms with Crippen LogP contribution in [0.1, 0.15) is 23.9 Å². The summed E-state index contributed by atoms with van der Waals surface area (Å²) in [5.41, 5.74) is 1.61. The molecule has 2 rings (SSSR count). The van der Waals surface area contributed by atoms with Gasteiger partial charge in [0, 0.05) is 30.7 Å². The third-order valence-corrected chi connectivity index (χ3v) is 3.52. The van der Waals surface area contributed by atoms with Crippen molar-refractivity contribution < 1.29 is 9.90 Å². The van der Waals surface area contributed by atoms with Crippen LogP contribution in [-0.2, 0) is 18.3 Å². The molecule has 2 heterocycles. The highest BCUT2D eigenvalue weighted by Crippen LogP contribution is 2.17. The Morgan fingerprint density at radius 1 is 1.43 bits per heavy atom. The highest BCUT2D eigenvalue weighted by atomic mass is 16.4. The first-order valence-corrected chi connectivity index (χ1v) is 6.63. The molecule has 21 heavy (non-hydrogen) atoms. The van der Waals surface area contributed by atoms with E-state index < -0.39 is 17.6 Å². The summed E-state index contributed by atoms with van der Waals surface area (Å²) in [6.07, 6.45) is 2.06. The SMILES string of the molecule is Cc1nc(=O)n(-c2ccn(C)n2)c(C)c1CC(C)C(=O)O. The van der Waals surface area contributed by atoms with Gasteiger partial charge in [0.2, 0.25) is 0 Å². The van der Waals surface area contributed by atoms with Gasteiger partial charge in [-0.25, -0.2) is 9.36 Å². The van der Waals surface area contributed by atoms with Crippen molar-refractivity contribution in [3.8, 4) is 5.82 Å². The molecule has 0 amide bonds. The summed E-state index contributed by atoms with van der Waals surface area (Å²) >= 11 is 0. The molecule has 1 unspecified atom stereocenters. The zero-order chi connectivity index (χ0) is 15.7. The first-order valence-electron chi connectivity index (χ1n) is 6.63. The average molecular weight is 290 g/mol. The minimum Gasteiger partial charge on any atom is -0.481 e. The quantitative estimate of drug-likeness (QED) is 0.901. The second kappa shape index (κ2) is 5.51. The van der Waals surface area contributed by atoms with Crippen LogP contribution in [0.15, 0.2) is 17.1 Å². The van der Waals surface area contributed by atoms with E-state index in [2.05, 4.69) is 10.1 Å². The van der Waals surface area contributed by atoms with Crippen molar-refractivity contribution in [2.45, 2.75) is 27.2 Å². The van der Waals surface area contributed by atoms with Gasteiger partial charge in [0.05, 0.1) is 5.92 Å². The second-order valence-corrected chi connectivity index (χ2v) is 5.17. The average Bonchev–Trinajstić information content (AvgIpc) is 2.80. The predicted octanol–water partition coefficient (Wildman–Crippen LogP) is 0.846. The molecule has 1 atom stereocenters. The van der Waals surface area contributed by atoms with E-state index in [9.17, 15) is 9.59 Å². The molecule has 0 aliphatic rings. The summed E-state index contributed by atoms with van der Waals surface area (Å²) in [5.74, 6) is -0.931. The molecular weight excluding hydrogens is 272 g/mol. The van der Waals surface area contributed by atoms with Crippen LogP contribution < -0.4 is 5.69 Å². The number of carboxylic acids is 1. The molecule has 0 saturated carbocycles. The van der Waals surface area contributed by atoms with Gasteiger partial charge in [-0.2, -0.15) is 10.1 Å². The molecular formula is C14H18N4O3. The van der Waals surface area contributed by atoms with Crippen molar-refractivity contribution in [3.63, 3.8) is 0 Å². The van der Waals surface area contributed by atoms with Gasteiger partial charge in [0.15, 0.2) is 5.82 Å². The summed E-state index contributed by atoms with van der Waals surface area (Å²) in [6.45, 7) is 5.15. The van der Waals surface area contributed by atoms with Crippen molar-refractivity contribution in [1.29, 1.82) is 0 Å². The van der Waals surface area contributed by atoms with Crippen LogP contribution >= 0.6 is 0 Å². The Morgan fingerprint density at radius 2 is 2.10 bits per heavy atom. The molecule has 0 fully saturated rings. The van der Waals surface area contributed by atoms with Crippen LogP contribution in [0.4, 0.5) is 0 Å². The van der Waals surface area contributed by atoms with Crippen molar-refractivity contribution in [1.82, 2.24) is 19.3 Å². The van der Waals surface area contributed by atoms with Crippen LogP contribution in [0.5, 0.6) is 0 Å². The van der Waals surface area contributed by atoms with E-state index in [4.69, 9.17) is 5.11 Å².